The number of hydrogen-bond acceptors (Lipinski definition) is 4. The van der Waals surface area contributed by atoms with Gasteiger partial charge in [0.2, 0.25) is 5.91 Å². The third-order valence-electron chi connectivity index (χ3n) is 5.38. The zero-order valence-electron chi connectivity index (χ0n) is 17.5. The fourth-order valence-corrected chi connectivity index (χ4v) is 3.82. The fraction of sp³-hybridized carbons (Fsp3) is 0.304. The summed E-state index contributed by atoms with van der Waals surface area (Å²) in [5, 5.41) is 8.13. The number of piperazine rings is 1. The first-order valence-electron chi connectivity index (χ1n) is 10.0. The lowest BCUT2D eigenvalue weighted by Gasteiger charge is -2.34. The number of anilines is 1. The van der Waals surface area contributed by atoms with Crippen molar-refractivity contribution in [2.75, 3.05) is 24.5 Å². The smallest absolute Gasteiger partial charge is 0.276 e. The van der Waals surface area contributed by atoms with Gasteiger partial charge < -0.3 is 9.80 Å². The molecule has 30 heavy (non-hydrogen) atoms. The van der Waals surface area contributed by atoms with Crippen molar-refractivity contribution in [3.05, 3.63) is 76.6 Å². The summed E-state index contributed by atoms with van der Waals surface area (Å²) in [6, 6.07) is 14.1. The van der Waals surface area contributed by atoms with Crippen molar-refractivity contribution in [3.8, 4) is 0 Å². The minimum atomic E-state index is -0.264. The molecule has 1 fully saturated rings. The maximum Gasteiger partial charge on any atom is 0.276 e. The maximum atomic E-state index is 12.9. The molecule has 0 spiro atoms. The Morgan fingerprint density at radius 3 is 2.47 bits per heavy atom. The molecule has 0 N–H and O–H groups in total. The van der Waals surface area contributed by atoms with Gasteiger partial charge in [0.1, 0.15) is 6.54 Å². The van der Waals surface area contributed by atoms with Crippen molar-refractivity contribution in [1.29, 1.82) is 0 Å². The fourth-order valence-electron chi connectivity index (χ4n) is 3.82. The van der Waals surface area contributed by atoms with E-state index in [0.29, 0.717) is 19.6 Å². The van der Waals surface area contributed by atoms with Gasteiger partial charge in [-0.15, -0.1) is 5.10 Å². The van der Waals surface area contributed by atoms with Crippen LogP contribution in [0.5, 0.6) is 0 Å². The summed E-state index contributed by atoms with van der Waals surface area (Å²) >= 11 is 0. The van der Waals surface area contributed by atoms with Crippen molar-refractivity contribution in [2.24, 2.45) is 0 Å². The van der Waals surface area contributed by atoms with E-state index in [1.807, 2.05) is 57.2 Å². The van der Waals surface area contributed by atoms with Crippen LogP contribution in [0, 0.1) is 20.8 Å². The van der Waals surface area contributed by atoms with E-state index in [0.717, 1.165) is 27.9 Å². The Balaban J connectivity index is 1.43. The normalized spacial score (nSPS) is 14.3. The van der Waals surface area contributed by atoms with Gasteiger partial charge >= 0.3 is 0 Å². The molecule has 1 saturated heterocycles. The predicted octanol–water partition coefficient (Wildman–Crippen LogP) is 2.74. The van der Waals surface area contributed by atoms with E-state index in [9.17, 15) is 9.59 Å². The second-order valence-corrected chi connectivity index (χ2v) is 7.85. The molecule has 1 aromatic heterocycles. The molecule has 0 bridgehead atoms. The Morgan fingerprint density at radius 1 is 1.03 bits per heavy atom. The van der Waals surface area contributed by atoms with E-state index < -0.39 is 0 Å². The molecule has 3 aromatic rings. The van der Waals surface area contributed by atoms with E-state index in [-0.39, 0.29) is 24.1 Å². The maximum absolute atomic E-state index is 12.9. The highest BCUT2D eigenvalue weighted by Gasteiger charge is 2.30. The molecule has 154 valence electrons. The Morgan fingerprint density at radius 2 is 1.77 bits per heavy atom. The Labute approximate surface area is 175 Å². The first-order chi connectivity index (χ1) is 14.4. The molecule has 1 aliphatic rings. The third kappa shape index (κ3) is 4.10. The molecular formula is C23H25N5O2. The average Bonchev–Trinajstić information content (AvgIpc) is 3.17. The lowest BCUT2D eigenvalue weighted by atomic mass is 10.1. The SMILES string of the molecule is Cc1cc(C)cc(N2CCN(C(=O)c3cn(Cc4ccccc4C)nn3)CC2=O)c1. The molecule has 0 aliphatic carbocycles. The topological polar surface area (TPSA) is 71.3 Å². The standard InChI is InChI=1S/C23H25N5O2/c1-16-10-17(2)12-20(11-16)28-9-8-26(15-22(28)29)23(30)21-14-27(25-24-21)13-19-7-5-4-6-18(19)3/h4-7,10-12,14H,8-9,13,15H2,1-3H3. The van der Waals surface area contributed by atoms with Crippen LogP contribution >= 0.6 is 0 Å². The largest absolute Gasteiger partial charge is 0.326 e. The van der Waals surface area contributed by atoms with Crippen molar-refractivity contribution in [2.45, 2.75) is 27.3 Å². The van der Waals surface area contributed by atoms with Crippen LogP contribution in [0.25, 0.3) is 0 Å². The predicted molar refractivity (Wildman–Crippen MR) is 114 cm³/mol. The van der Waals surface area contributed by atoms with Gasteiger partial charge in [-0.2, -0.15) is 0 Å². The van der Waals surface area contributed by atoms with E-state index in [1.165, 1.54) is 0 Å². The van der Waals surface area contributed by atoms with E-state index in [2.05, 4.69) is 16.4 Å². The number of aryl methyl sites for hydroxylation is 3. The summed E-state index contributed by atoms with van der Waals surface area (Å²) in [4.78, 5) is 28.9. The molecule has 2 amide bonds. The van der Waals surface area contributed by atoms with Gasteiger partial charge in [0.05, 0.1) is 12.7 Å². The highest BCUT2D eigenvalue weighted by atomic mass is 16.2. The van der Waals surface area contributed by atoms with E-state index in [4.69, 9.17) is 0 Å². The number of amides is 2. The van der Waals surface area contributed by atoms with Gasteiger partial charge in [0, 0.05) is 18.8 Å². The van der Waals surface area contributed by atoms with E-state index in [1.54, 1.807) is 20.7 Å². The summed E-state index contributed by atoms with van der Waals surface area (Å²) in [6.07, 6.45) is 1.65. The second kappa shape index (κ2) is 8.10. The summed E-state index contributed by atoms with van der Waals surface area (Å²) < 4.78 is 1.66. The highest BCUT2D eigenvalue weighted by molar-refractivity contribution is 6.01. The first kappa shape index (κ1) is 19.8. The lowest BCUT2D eigenvalue weighted by Crippen LogP contribution is -2.52. The third-order valence-corrected chi connectivity index (χ3v) is 5.38. The van der Waals surface area contributed by atoms with Gasteiger partial charge in [-0.1, -0.05) is 35.5 Å². The van der Waals surface area contributed by atoms with Gasteiger partial charge in [0.15, 0.2) is 5.69 Å². The van der Waals surface area contributed by atoms with Gasteiger partial charge in [0.25, 0.3) is 5.91 Å². The number of rotatable bonds is 4. The Kier molecular flexibility index (Phi) is 5.35. The monoisotopic (exact) mass is 403 g/mol. The number of carbonyl (C=O) groups excluding carboxylic acids is 2. The molecule has 7 heteroatoms. The number of benzene rings is 2. The van der Waals surface area contributed by atoms with Gasteiger partial charge in [-0.3, -0.25) is 9.59 Å². The Bertz CT molecular complexity index is 1080. The highest BCUT2D eigenvalue weighted by Crippen LogP contribution is 2.21. The number of nitrogens with zero attached hydrogens (tertiary/aromatic N) is 5. The zero-order valence-corrected chi connectivity index (χ0v) is 17.5. The van der Waals surface area contributed by atoms with Crippen molar-refractivity contribution < 1.29 is 9.59 Å². The number of carbonyl (C=O) groups is 2. The molecule has 0 unspecified atom stereocenters. The number of hydrogen-bond donors (Lipinski definition) is 0. The molecule has 0 radical (unpaired) electrons. The van der Waals surface area contributed by atoms with Crippen LogP contribution in [0.3, 0.4) is 0 Å². The summed E-state index contributed by atoms with van der Waals surface area (Å²) in [7, 11) is 0. The quantitative estimate of drug-likeness (QED) is 0.672. The van der Waals surface area contributed by atoms with Gasteiger partial charge in [-0.05, 0) is 55.2 Å². The number of aromatic nitrogens is 3. The van der Waals surface area contributed by atoms with Crippen LogP contribution < -0.4 is 4.90 Å². The van der Waals surface area contributed by atoms with Crippen LogP contribution in [0.2, 0.25) is 0 Å². The molecule has 1 aliphatic heterocycles. The molecular weight excluding hydrogens is 378 g/mol. The zero-order chi connectivity index (χ0) is 21.3. The summed E-state index contributed by atoms with van der Waals surface area (Å²) in [6.45, 7) is 7.58. The Hall–Kier alpha value is -3.48. The van der Waals surface area contributed by atoms with Crippen molar-refractivity contribution in [1.82, 2.24) is 19.9 Å². The van der Waals surface area contributed by atoms with Crippen LogP contribution in [-0.2, 0) is 11.3 Å². The van der Waals surface area contributed by atoms with Gasteiger partial charge in [-0.25, -0.2) is 4.68 Å². The molecule has 0 atom stereocenters. The summed E-state index contributed by atoms with van der Waals surface area (Å²) in [5.74, 6) is -0.355. The molecule has 4 rings (SSSR count). The minimum absolute atomic E-state index is 0.0382. The van der Waals surface area contributed by atoms with Crippen LogP contribution in [0.4, 0.5) is 5.69 Å². The summed E-state index contributed by atoms with van der Waals surface area (Å²) in [5.41, 5.74) is 5.65. The van der Waals surface area contributed by atoms with Crippen molar-refractivity contribution >= 4 is 17.5 Å². The van der Waals surface area contributed by atoms with Crippen LogP contribution in [-0.4, -0.2) is 51.3 Å². The van der Waals surface area contributed by atoms with Crippen LogP contribution in [0.1, 0.15) is 32.7 Å². The van der Waals surface area contributed by atoms with E-state index >= 15 is 0 Å². The molecule has 0 saturated carbocycles. The van der Waals surface area contributed by atoms with Crippen LogP contribution in [0.15, 0.2) is 48.7 Å². The lowest BCUT2D eigenvalue weighted by molar-refractivity contribution is -0.120. The van der Waals surface area contributed by atoms with Crippen molar-refractivity contribution in [3.63, 3.8) is 0 Å². The minimum Gasteiger partial charge on any atom is -0.326 e. The average molecular weight is 403 g/mol. The molecule has 2 heterocycles. The molecule has 7 nitrogen and oxygen atoms in total. The first-order valence-corrected chi connectivity index (χ1v) is 10.0. The molecule has 2 aromatic carbocycles. The second-order valence-electron chi connectivity index (χ2n) is 7.85.